The van der Waals surface area contributed by atoms with Crippen LogP contribution in [0.1, 0.15) is 44.9 Å². The Kier molecular flexibility index (Phi) is 9.90. The van der Waals surface area contributed by atoms with E-state index >= 15 is 0 Å². The summed E-state index contributed by atoms with van der Waals surface area (Å²) in [5.41, 5.74) is 0.276. The molecule has 39 heavy (non-hydrogen) atoms. The number of imide groups is 1. The number of carbonyl (C=O) groups is 3. The zero-order valence-electron chi connectivity index (χ0n) is 23.6. The molecule has 4 amide bonds. The van der Waals surface area contributed by atoms with Gasteiger partial charge in [-0.25, -0.2) is 9.69 Å². The average Bonchev–Trinajstić information content (AvgIpc) is 3.23. The molecule has 3 saturated heterocycles. The quantitative estimate of drug-likeness (QED) is 0.315. The molecular weight excluding hydrogens is 504 g/mol. The van der Waals surface area contributed by atoms with Crippen molar-refractivity contribution in [2.45, 2.75) is 57.0 Å². The summed E-state index contributed by atoms with van der Waals surface area (Å²) in [6.07, 6.45) is 6.50. The van der Waals surface area contributed by atoms with Gasteiger partial charge in [0.05, 0.1) is 33.4 Å². The van der Waals surface area contributed by atoms with Crippen LogP contribution in [0.3, 0.4) is 0 Å². The van der Waals surface area contributed by atoms with Crippen LogP contribution in [-0.4, -0.2) is 101 Å². The molecule has 0 spiro atoms. The number of carbonyl (C=O) groups excluding carboxylic acids is 3. The molecule has 3 heterocycles. The Morgan fingerprint density at radius 1 is 1.00 bits per heavy atom. The number of hydrogen-bond donors (Lipinski definition) is 1. The minimum Gasteiger partial charge on any atom is -0.493 e. The fraction of sp³-hybridized carbons (Fsp3) is 0.679. The van der Waals surface area contributed by atoms with Crippen LogP contribution in [-0.2, 0) is 14.3 Å². The van der Waals surface area contributed by atoms with Crippen molar-refractivity contribution in [3.8, 4) is 17.2 Å². The SMILES string of the molecule is COCCCN(C[C@@H]1CCCN2CCCC[C@H]12)C(=O)C[C@H]1NC(=O)N(c2cc(OC)c(OC)c(OC)c2)C1=O. The molecule has 0 aromatic heterocycles. The summed E-state index contributed by atoms with van der Waals surface area (Å²) in [6, 6.07) is 2.04. The van der Waals surface area contributed by atoms with Crippen LogP contribution in [0.5, 0.6) is 17.2 Å². The van der Waals surface area contributed by atoms with Crippen molar-refractivity contribution >= 4 is 23.5 Å². The number of anilines is 1. The van der Waals surface area contributed by atoms with Crippen LogP contribution in [0.2, 0.25) is 0 Å². The highest BCUT2D eigenvalue weighted by Crippen LogP contribution is 2.41. The summed E-state index contributed by atoms with van der Waals surface area (Å²) in [4.78, 5) is 45.4. The minimum absolute atomic E-state index is 0.0976. The number of benzene rings is 1. The van der Waals surface area contributed by atoms with Gasteiger partial charge in [0.1, 0.15) is 6.04 Å². The Labute approximate surface area is 230 Å². The monoisotopic (exact) mass is 546 g/mol. The number of methoxy groups -OCH3 is 4. The predicted octanol–water partition coefficient (Wildman–Crippen LogP) is 2.66. The Morgan fingerprint density at radius 3 is 2.38 bits per heavy atom. The number of hydrogen-bond acceptors (Lipinski definition) is 8. The number of fused-ring (bicyclic) bond motifs is 1. The number of rotatable bonds is 12. The van der Waals surface area contributed by atoms with E-state index in [-0.39, 0.29) is 18.0 Å². The minimum atomic E-state index is -0.952. The normalized spacial score (nSPS) is 23.3. The molecule has 1 N–H and O–H groups in total. The van der Waals surface area contributed by atoms with Crippen molar-refractivity contribution in [2.75, 3.05) is 66.1 Å². The molecule has 3 aliphatic heterocycles. The maximum Gasteiger partial charge on any atom is 0.329 e. The topological polar surface area (TPSA) is 110 Å². The standard InChI is InChI=1S/C28H42N4O7/c1-36-14-8-13-31(18-19-9-7-12-30-11-6-5-10-22(19)30)25(33)17-21-27(34)32(28(35)29-21)20-15-23(37-2)26(39-4)24(16-20)38-3/h15-16,19,21-22H,5-14,17-18H2,1-4H3,(H,29,35)/t19-,21+,22+/m0/s1. The molecule has 4 rings (SSSR count). The van der Waals surface area contributed by atoms with Crippen LogP contribution in [0.4, 0.5) is 10.5 Å². The highest BCUT2D eigenvalue weighted by Gasteiger charge is 2.42. The predicted molar refractivity (Wildman–Crippen MR) is 146 cm³/mol. The van der Waals surface area contributed by atoms with Crippen LogP contribution in [0.25, 0.3) is 0 Å². The molecule has 11 heteroatoms. The van der Waals surface area contributed by atoms with Crippen molar-refractivity contribution in [1.29, 1.82) is 0 Å². The number of nitrogens with one attached hydrogen (secondary N) is 1. The molecule has 3 aliphatic rings. The second-order valence-corrected chi connectivity index (χ2v) is 10.5. The van der Waals surface area contributed by atoms with Gasteiger partial charge in [0.25, 0.3) is 5.91 Å². The van der Waals surface area contributed by atoms with Gasteiger partial charge in [-0.15, -0.1) is 0 Å². The number of piperidine rings is 2. The number of nitrogens with zero attached hydrogens (tertiary/aromatic N) is 3. The van der Waals surface area contributed by atoms with E-state index in [1.807, 2.05) is 4.90 Å². The molecule has 3 fully saturated rings. The first-order chi connectivity index (χ1) is 18.9. The van der Waals surface area contributed by atoms with E-state index in [2.05, 4.69) is 10.2 Å². The lowest BCUT2D eigenvalue weighted by Gasteiger charge is -2.45. The van der Waals surface area contributed by atoms with Crippen molar-refractivity contribution in [3.05, 3.63) is 12.1 Å². The Balaban J connectivity index is 1.48. The molecular formula is C28H42N4O7. The first kappa shape index (κ1) is 28.9. The molecule has 11 nitrogen and oxygen atoms in total. The number of amides is 4. The van der Waals surface area contributed by atoms with Crippen molar-refractivity contribution in [1.82, 2.24) is 15.1 Å². The first-order valence-corrected chi connectivity index (χ1v) is 13.9. The van der Waals surface area contributed by atoms with E-state index < -0.39 is 18.0 Å². The van der Waals surface area contributed by atoms with Crippen LogP contribution in [0.15, 0.2) is 12.1 Å². The molecule has 1 aromatic rings. The fourth-order valence-corrected chi connectivity index (χ4v) is 6.20. The van der Waals surface area contributed by atoms with E-state index in [4.69, 9.17) is 18.9 Å². The van der Waals surface area contributed by atoms with Crippen LogP contribution >= 0.6 is 0 Å². The molecule has 0 saturated carbocycles. The van der Waals surface area contributed by atoms with E-state index in [0.29, 0.717) is 55.3 Å². The fourth-order valence-electron chi connectivity index (χ4n) is 6.20. The maximum atomic E-state index is 13.6. The Morgan fingerprint density at radius 2 is 1.72 bits per heavy atom. The van der Waals surface area contributed by atoms with Gasteiger partial charge < -0.3 is 34.1 Å². The van der Waals surface area contributed by atoms with E-state index in [1.165, 1.54) is 40.6 Å². The Bertz CT molecular complexity index is 1010. The highest BCUT2D eigenvalue weighted by molar-refractivity contribution is 6.22. The van der Waals surface area contributed by atoms with Gasteiger partial charge in [-0.2, -0.15) is 0 Å². The molecule has 1 aromatic carbocycles. The van der Waals surface area contributed by atoms with Gasteiger partial charge in [0.2, 0.25) is 11.7 Å². The summed E-state index contributed by atoms with van der Waals surface area (Å²) in [6.45, 7) is 4.05. The summed E-state index contributed by atoms with van der Waals surface area (Å²) in [7, 11) is 6.06. The van der Waals surface area contributed by atoms with Gasteiger partial charge in [-0.1, -0.05) is 6.42 Å². The molecule has 0 bridgehead atoms. The van der Waals surface area contributed by atoms with Crippen molar-refractivity contribution in [2.24, 2.45) is 5.92 Å². The van der Waals surface area contributed by atoms with Crippen molar-refractivity contribution < 1.29 is 33.3 Å². The third-order valence-corrected chi connectivity index (χ3v) is 8.12. The zero-order valence-corrected chi connectivity index (χ0v) is 23.6. The first-order valence-electron chi connectivity index (χ1n) is 13.9. The van der Waals surface area contributed by atoms with E-state index in [1.54, 1.807) is 19.2 Å². The summed E-state index contributed by atoms with van der Waals surface area (Å²) in [5, 5.41) is 2.70. The van der Waals surface area contributed by atoms with Gasteiger partial charge in [0, 0.05) is 45.0 Å². The second-order valence-electron chi connectivity index (χ2n) is 10.5. The lowest BCUT2D eigenvalue weighted by atomic mass is 9.83. The second kappa shape index (κ2) is 13.3. The summed E-state index contributed by atoms with van der Waals surface area (Å²) in [5.74, 6) is 0.782. The smallest absolute Gasteiger partial charge is 0.329 e. The molecule has 3 atom stereocenters. The third-order valence-electron chi connectivity index (χ3n) is 8.12. The van der Waals surface area contributed by atoms with E-state index in [9.17, 15) is 14.4 Å². The lowest BCUT2D eigenvalue weighted by Crippen LogP contribution is -2.52. The maximum absolute atomic E-state index is 13.6. The van der Waals surface area contributed by atoms with Gasteiger partial charge in [0.15, 0.2) is 11.5 Å². The Hall–Kier alpha value is -3.05. The molecule has 216 valence electrons. The molecule has 0 unspecified atom stereocenters. The third kappa shape index (κ3) is 6.41. The van der Waals surface area contributed by atoms with Crippen LogP contribution in [0, 0.1) is 5.92 Å². The highest BCUT2D eigenvalue weighted by atomic mass is 16.5. The zero-order chi connectivity index (χ0) is 27.9. The molecule has 0 aliphatic carbocycles. The largest absolute Gasteiger partial charge is 0.493 e. The van der Waals surface area contributed by atoms with Gasteiger partial charge in [-0.3, -0.25) is 9.59 Å². The summed E-state index contributed by atoms with van der Waals surface area (Å²) >= 11 is 0. The number of urea groups is 1. The van der Waals surface area contributed by atoms with Crippen LogP contribution < -0.4 is 24.4 Å². The van der Waals surface area contributed by atoms with Crippen molar-refractivity contribution in [3.63, 3.8) is 0 Å². The van der Waals surface area contributed by atoms with E-state index in [0.717, 1.165) is 30.8 Å². The van der Waals surface area contributed by atoms with Gasteiger partial charge >= 0.3 is 6.03 Å². The van der Waals surface area contributed by atoms with Gasteiger partial charge in [-0.05, 0) is 51.1 Å². The lowest BCUT2D eigenvalue weighted by molar-refractivity contribution is -0.135. The average molecular weight is 547 g/mol. The molecule has 0 radical (unpaired) electrons. The number of ether oxygens (including phenoxy) is 4. The summed E-state index contributed by atoms with van der Waals surface area (Å²) < 4.78 is 21.3.